The van der Waals surface area contributed by atoms with Gasteiger partial charge in [-0.1, -0.05) is 11.6 Å². The zero-order chi connectivity index (χ0) is 13.7. The molecule has 6 heteroatoms. The summed E-state index contributed by atoms with van der Waals surface area (Å²) < 4.78 is 0. The quantitative estimate of drug-likeness (QED) is 0.907. The van der Waals surface area contributed by atoms with Crippen LogP contribution in [-0.2, 0) is 4.79 Å². The first kappa shape index (κ1) is 14.0. The fraction of sp³-hybridized carbons (Fsp3) is 0.250. The summed E-state index contributed by atoms with van der Waals surface area (Å²) >= 11 is 5.97. The van der Waals surface area contributed by atoms with E-state index in [4.69, 9.17) is 16.9 Å². The predicted molar refractivity (Wildman–Crippen MR) is 68.3 cm³/mol. The van der Waals surface area contributed by atoms with E-state index in [0.29, 0.717) is 11.3 Å². The molecule has 18 heavy (non-hydrogen) atoms. The van der Waals surface area contributed by atoms with Crippen molar-refractivity contribution in [3.8, 4) is 6.07 Å². The van der Waals surface area contributed by atoms with E-state index >= 15 is 0 Å². The number of amides is 2. The number of carbonyl (C=O) groups is 2. The number of anilines is 1. The van der Waals surface area contributed by atoms with Crippen molar-refractivity contribution in [1.82, 2.24) is 4.90 Å². The third kappa shape index (κ3) is 3.47. The Balaban J connectivity index is 2.90. The molecule has 0 aliphatic heterocycles. The molecule has 0 radical (unpaired) electrons. The maximum absolute atomic E-state index is 11.7. The van der Waals surface area contributed by atoms with E-state index in [1.54, 1.807) is 26.2 Å². The number of nitriles is 1. The van der Waals surface area contributed by atoms with Crippen LogP contribution in [-0.4, -0.2) is 30.8 Å². The fourth-order valence-electron chi connectivity index (χ4n) is 1.28. The Morgan fingerprint density at radius 2 is 2.11 bits per heavy atom. The summed E-state index contributed by atoms with van der Waals surface area (Å²) in [5.41, 5.74) is 0.815. The Kier molecular flexibility index (Phi) is 4.69. The van der Waals surface area contributed by atoms with Crippen LogP contribution in [0, 0.1) is 11.3 Å². The molecule has 1 N–H and O–H groups in total. The van der Waals surface area contributed by atoms with E-state index in [-0.39, 0.29) is 17.4 Å². The van der Waals surface area contributed by atoms with Crippen molar-refractivity contribution in [1.29, 1.82) is 5.26 Å². The molecular formula is C12H12ClN3O2. The molecule has 94 valence electrons. The van der Waals surface area contributed by atoms with Crippen LogP contribution in [0.25, 0.3) is 0 Å². The number of nitrogens with zero attached hydrogens (tertiary/aromatic N) is 2. The van der Waals surface area contributed by atoms with E-state index in [1.165, 1.54) is 17.0 Å². The largest absolute Gasteiger partial charge is 0.345 e. The highest BCUT2D eigenvalue weighted by molar-refractivity contribution is 6.34. The Hall–Kier alpha value is -2.06. The number of hydrogen-bond acceptors (Lipinski definition) is 3. The average molecular weight is 266 g/mol. The molecule has 1 aromatic carbocycles. The highest BCUT2D eigenvalue weighted by Crippen LogP contribution is 2.22. The highest BCUT2D eigenvalue weighted by Gasteiger charge is 2.13. The number of benzene rings is 1. The molecule has 0 fully saturated rings. The minimum Gasteiger partial charge on any atom is -0.345 e. The first-order chi connectivity index (χ1) is 8.45. The van der Waals surface area contributed by atoms with Crippen LogP contribution in [0.5, 0.6) is 0 Å². The number of nitrogens with one attached hydrogen (secondary N) is 1. The summed E-state index contributed by atoms with van der Waals surface area (Å²) in [4.78, 5) is 24.3. The Morgan fingerprint density at radius 1 is 1.44 bits per heavy atom. The van der Waals surface area contributed by atoms with Gasteiger partial charge in [-0.3, -0.25) is 9.59 Å². The van der Waals surface area contributed by atoms with Gasteiger partial charge in [-0.15, -0.1) is 0 Å². The third-order valence-corrected chi connectivity index (χ3v) is 2.44. The maximum atomic E-state index is 11.7. The van der Waals surface area contributed by atoms with Gasteiger partial charge in [0.05, 0.1) is 16.7 Å². The topological polar surface area (TPSA) is 73.2 Å². The van der Waals surface area contributed by atoms with Crippen molar-refractivity contribution < 1.29 is 9.59 Å². The molecule has 0 heterocycles. The molecule has 0 saturated heterocycles. The second kappa shape index (κ2) is 6.03. The molecule has 0 saturated carbocycles. The number of rotatable bonds is 3. The van der Waals surface area contributed by atoms with E-state index in [2.05, 4.69) is 5.32 Å². The van der Waals surface area contributed by atoms with Gasteiger partial charge >= 0.3 is 0 Å². The maximum Gasteiger partial charge on any atom is 0.254 e. The minimum absolute atomic E-state index is 0.213. The molecule has 0 aromatic heterocycles. The zero-order valence-electron chi connectivity index (χ0n) is 10.0. The normalized spacial score (nSPS) is 9.44. The predicted octanol–water partition coefficient (Wildman–Crippen LogP) is 1.89. The van der Waals surface area contributed by atoms with Crippen molar-refractivity contribution in [2.24, 2.45) is 0 Å². The Bertz CT molecular complexity index is 521. The molecule has 2 amide bonds. The van der Waals surface area contributed by atoms with Crippen molar-refractivity contribution >= 4 is 29.1 Å². The average Bonchev–Trinajstić information content (AvgIpc) is 2.28. The van der Waals surface area contributed by atoms with E-state index in [0.717, 1.165) is 0 Å². The van der Waals surface area contributed by atoms with E-state index in [1.807, 2.05) is 0 Å². The van der Waals surface area contributed by atoms with E-state index in [9.17, 15) is 9.59 Å². The van der Waals surface area contributed by atoms with Crippen LogP contribution in [0.4, 0.5) is 5.69 Å². The van der Waals surface area contributed by atoms with Crippen LogP contribution < -0.4 is 5.32 Å². The number of carbonyl (C=O) groups excluding carboxylic acids is 2. The second-order valence-corrected chi connectivity index (χ2v) is 4.18. The van der Waals surface area contributed by atoms with Crippen LogP contribution in [0.1, 0.15) is 16.8 Å². The van der Waals surface area contributed by atoms with E-state index < -0.39 is 5.91 Å². The Morgan fingerprint density at radius 3 is 2.61 bits per heavy atom. The van der Waals surface area contributed by atoms with Crippen LogP contribution >= 0.6 is 11.6 Å². The van der Waals surface area contributed by atoms with Crippen LogP contribution in [0.2, 0.25) is 5.02 Å². The minimum atomic E-state index is -0.416. The van der Waals surface area contributed by atoms with Gasteiger partial charge in [0.1, 0.15) is 6.42 Å². The first-order valence-corrected chi connectivity index (χ1v) is 5.51. The third-order valence-electron chi connectivity index (χ3n) is 2.13. The van der Waals surface area contributed by atoms with Gasteiger partial charge in [-0.2, -0.15) is 5.26 Å². The molecule has 0 bridgehead atoms. The van der Waals surface area contributed by atoms with Gasteiger partial charge in [0, 0.05) is 19.8 Å². The van der Waals surface area contributed by atoms with Gasteiger partial charge in [-0.25, -0.2) is 0 Å². The van der Waals surface area contributed by atoms with Gasteiger partial charge in [0.2, 0.25) is 5.91 Å². The zero-order valence-corrected chi connectivity index (χ0v) is 10.8. The molecule has 0 spiro atoms. The molecule has 1 aromatic rings. The summed E-state index contributed by atoms with van der Waals surface area (Å²) in [6, 6.07) is 6.32. The summed E-state index contributed by atoms with van der Waals surface area (Å²) in [6.45, 7) is 0. The lowest BCUT2D eigenvalue weighted by Crippen LogP contribution is -2.22. The first-order valence-electron chi connectivity index (χ1n) is 5.13. The van der Waals surface area contributed by atoms with Crippen molar-refractivity contribution in [2.75, 3.05) is 19.4 Å². The number of hydrogen-bond donors (Lipinski definition) is 1. The summed E-state index contributed by atoms with van der Waals surface area (Å²) in [7, 11) is 3.25. The van der Waals surface area contributed by atoms with Crippen molar-refractivity contribution in [3.05, 3.63) is 28.8 Å². The smallest absolute Gasteiger partial charge is 0.254 e. The van der Waals surface area contributed by atoms with Crippen LogP contribution in [0.3, 0.4) is 0 Å². The standard InChI is InChI=1S/C12H12ClN3O2/c1-16(2)12(18)9-4-3-8(7-10(9)13)15-11(17)5-6-14/h3-4,7H,5H2,1-2H3,(H,15,17). The molecular weight excluding hydrogens is 254 g/mol. The van der Waals surface area contributed by atoms with Gasteiger partial charge in [0.25, 0.3) is 5.91 Å². The highest BCUT2D eigenvalue weighted by atomic mass is 35.5. The molecule has 0 aliphatic carbocycles. The Labute approximate surface area is 110 Å². The lowest BCUT2D eigenvalue weighted by atomic mass is 10.2. The van der Waals surface area contributed by atoms with Gasteiger partial charge in [-0.05, 0) is 18.2 Å². The summed E-state index contributed by atoms with van der Waals surface area (Å²) in [5, 5.41) is 11.1. The molecule has 0 atom stereocenters. The number of halogens is 1. The second-order valence-electron chi connectivity index (χ2n) is 3.78. The van der Waals surface area contributed by atoms with Crippen molar-refractivity contribution in [3.63, 3.8) is 0 Å². The molecule has 0 unspecified atom stereocenters. The SMILES string of the molecule is CN(C)C(=O)c1ccc(NC(=O)CC#N)cc1Cl. The van der Waals surface area contributed by atoms with Gasteiger partial charge < -0.3 is 10.2 Å². The van der Waals surface area contributed by atoms with Crippen LogP contribution in [0.15, 0.2) is 18.2 Å². The van der Waals surface area contributed by atoms with Gasteiger partial charge in [0.15, 0.2) is 0 Å². The molecule has 0 aliphatic rings. The fourth-order valence-corrected chi connectivity index (χ4v) is 1.55. The van der Waals surface area contributed by atoms with Crippen molar-refractivity contribution in [2.45, 2.75) is 6.42 Å². The lowest BCUT2D eigenvalue weighted by Gasteiger charge is -2.12. The molecule has 1 rings (SSSR count). The molecule has 5 nitrogen and oxygen atoms in total. The lowest BCUT2D eigenvalue weighted by molar-refractivity contribution is -0.115. The monoisotopic (exact) mass is 265 g/mol. The summed E-state index contributed by atoms with van der Waals surface area (Å²) in [6.07, 6.45) is -0.226. The summed E-state index contributed by atoms with van der Waals surface area (Å²) in [5.74, 6) is -0.629.